The zero-order valence-corrected chi connectivity index (χ0v) is 10.9. The Hall–Kier alpha value is -0.900. The summed E-state index contributed by atoms with van der Waals surface area (Å²) in [5.74, 6) is 1.70. The lowest BCUT2D eigenvalue weighted by atomic mass is 9.87. The Kier molecular flexibility index (Phi) is 4.08. The molecule has 1 aromatic rings. The monoisotopic (exact) mass is 225 g/mol. The molecule has 1 atom stereocenters. The molecule has 2 N–H and O–H groups in total. The second-order valence-electron chi connectivity index (χ2n) is 5.35. The lowest BCUT2D eigenvalue weighted by molar-refractivity contribution is 0.297. The summed E-state index contributed by atoms with van der Waals surface area (Å²) in [6.07, 6.45) is 2.03. The van der Waals surface area contributed by atoms with Gasteiger partial charge in [-0.2, -0.15) is 4.98 Å². The molecule has 0 aliphatic rings. The molecule has 0 saturated carbocycles. The first-order valence-corrected chi connectivity index (χ1v) is 5.99. The van der Waals surface area contributed by atoms with Crippen molar-refractivity contribution < 1.29 is 4.52 Å². The van der Waals surface area contributed by atoms with Crippen LogP contribution in [0.25, 0.3) is 0 Å². The average molecular weight is 225 g/mol. The predicted molar refractivity (Wildman–Crippen MR) is 64.0 cm³/mol. The third-order valence-electron chi connectivity index (χ3n) is 3.00. The van der Waals surface area contributed by atoms with Gasteiger partial charge in [0.2, 0.25) is 5.89 Å². The highest BCUT2D eigenvalue weighted by molar-refractivity contribution is 5.00. The predicted octanol–water partition coefficient (Wildman–Crippen LogP) is 3.02. The molecular weight excluding hydrogens is 202 g/mol. The van der Waals surface area contributed by atoms with Gasteiger partial charge in [-0.25, -0.2) is 0 Å². The smallest absolute Gasteiger partial charge is 0.229 e. The van der Waals surface area contributed by atoms with Gasteiger partial charge in [-0.1, -0.05) is 39.8 Å². The number of hydrogen-bond donors (Lipinski definition) is 1. The van der Waals surface area contributed by atoms with Crippen LogP contribution in [0.1, 0.15) is 71.1 Å². The second-order valence-corrected chi connectivity index (χ2v) is 5.35. The van der Waals surface area contributed by atoms with E-state index >= 15 is 0 Å². The van der Waals surface area contributed by atoms with Crippen molar-refractivity contribution in [2.24, 2.45) is 11.1 Å². The molecule has 4 heteroatoms. The standard InChI is InChI=1S/C12H23N3O/c1-6-8(7-2)11-14-10(15-16-11)9(13)12(3,4)5/h8-9H,6-7,13H2,1-5H3. The molecule has 0 radical (unpaired) electrons. The molecule has 0 fully saturated rings. The van der Waals surface area contributed by atoms with Crippen LogP contribution in [0.3, 0.4) is 0 Å². The summed E-state index contributed by atoms with van der Waals surface area (Å²) in [6.45, 7) is 10.5. The Labute approximate surface area is 97.6 Å². The maximum Gasteiger partial charge on any atom is 0.229 e. The Morgan fingerprint density at radius 1 is 1.25 bits per heavy atom. The molecule has 0 amide bonds. The van der Waals surface area contributed by atoms with E-state index in [0.717, 1.165) is 18.7 Å². The van der Waals surface area contributed by atoms with E-state index in [1.807, 2.05) is 0 Å². The van der Waals surface area contributed by atoms with Gasteiger partial charge in [-0.3, -0.25) is 0 Å². The highest BCUT2D eigenvalue weighted by Gasteiger charge is 2.27. The van der Waals surface area contributed by atoms with Gasteiger partial charge in [-0.05, 0) is 18.3 Å². The van der Waals surface area contributed by atoms with Crippen LogP contribution >= 0.6 is 0 Å². The summed E-state index contributed by atoms with van der Waals surface area (Å²) >= 11 is 0. The zero-order chi connectivity index (χ0) is 12.3. The summed E-state index contributed by atoms with van der Waals surface area (Å²) in [4.78, 5) is 4.42. The van der Waals surface area contributed by atoms with Crippen molar-refractivity contribution >= 4 is 0 Å². The van der Waals surface area contributed by atoms with Crippen LogP contribution in [0.15, 0.2) is 4.52 Å². The molecule has 0 aromatic carbocycles. The molecule has 0 bridgehead atoms. The van der Waals surface area contributed by atoms with Crippen LogP contribution < -0.4 is 5.73 Å². The normalized spacial score (nSPS) is 14.4. The number of hydrogen-bond acceptors (Lipinski definition) is 4. The van der Waals surface area contributed by atoms with E-state index in [-0.39, 0.29) is 11.5 Å². The Morgan fingerprint density at radius 2 is 1.81 bits per heavy atom. The minimum Gasteiger partial charge on any atom is -0.339 e. The SMILES string of the molecule is CCC(CC)c1nc(C(N)C(C)(C)C)no1. The number of rotatable bonds is 4. The summed E-state index contributed by atoms with van der Waals surface area (Å²) in [5, 5.41) is 3.99. The summed E-state index contributed by atoms with van der Waals surface area (Å²) in [5.41, 5.74) is 6.04. The Morgan fingerprint density at radius 3 is 2.25 bits per heavy atom. The number of aromatic nitrogens is 2. The third-order valence-corrected chi connectivity index (χ3v) is 3.00. The summed E-state index contributed by atoms with van der Waals surface area (Å²) in [6, 6.07) is -0.181. The summed E-state index contributed by atoms with van der Waals surface area (Å²) in [7, 11) is 0. The van der Waals surface area contributed by atoms with Crippen molar-refractivity contribution in [3.63, 3.8) is 0 Å². The van der Waals surface area contributed by atoms with E-state index in [1.54, 1.807) is 0 Å². The van der Waals surface area contributed by atoms with E-state index < -0.39 is 0 Å². The highest BCUT2D eigenvalue weighted by Crippen LogP contribution is 2.30. The second kappa shape index (κ2) is 4.95. The van der Waals surface area contributed by atoms with E-state index in [4.69, 9.17) is 10.3 Å². The molecule has 1 unspecified atom stereocenters. The molecule has 1 rings (SSSR count). The van der Waals surface area contributed by atoms with E-state index in [1.165, 1.54) is 0 Å². The lowest BCUT2D eigenvalue weighted by Crippen LogP contribution is -2.27. The molecule has 4 nitrogen and oxygen atoms in total. The van der Waals surface area contributed by atoms with Crippen molar-refractivity contribution in [2.75, 3.05) is 0 Å². The van der Waals surface area contributed by atoms with Gasteiger partial charge in [0, 0.05) is 5.92 Å². The fraction of sp³-hybridized carbons (Fsp3) is 0.833. The largest absolute Gasteiger partial charge is 0.339 e. The van der Waals surface area contributed by atoms with Crippen LogP contribution in [0.4, 0.5) is 0 Å². The zero-order valence-electron chi connectivity index (χ0n) is 10.9. The minimum atomic E-state index is -0.181. The molecule has 0 saturated heterocycles. The first-order valence-electron chi connectivity index (χ1n) is 5.99. The molecule has 1 aromatic heterocycles. The van der Waals surface area contributed by atoms with Crippen molar-refractivity contribution in [3.05, 3.63) is 11.7 Å². The van der Waals surface area contributed by atoms with Crippen LogP contribution in [-0.2, 0) is 0 Å². The molecule has 0 aliphatic carbocycles. The van der Waals surface area contributed by atoms with Gasteiger partial charge in [0.25, 0.3) is 0 Å². The first-order chi connectivity index (χ1) is 7.40. The maximum absolute atomic E-state index is 6.08. The fourth-order valence-electron chi connectivity index (χ4n) is 1.56. The van der Waals surface area contributed by atoms with Gasteiger partial charge < -0.3 is 10.3 Å². The Bertz CT molecular complexity index is 323. The lowest BCUT2D eigenvalue weighted by Gasteiger charge is -2.23. The average Bonchev–Trinajstić information content (AvgIpc) is 2.66. The topological polar surface area (TPSA) is 64.9 Å². The van der Waals surface area contributed by atoms with Crippen LogP contribution in [0, 0.1) is 5.41 Å². The Balaban J connectivity index is 2.86. The van der Waals surface area contributed by atoms with Gasteiger partial charge in [0.15, 0.2) is 5.82 Å². The van der Waals surface area contributed by atoms with Crippen LogP contribution in [-0.4, -0.2) is 10.1 Å². The van der Waals surface area contributed by atoms with E-state index in [0.29, 0.717) is 11.7 Å². The maximum atomic E-state index is 6.08. The van der Waals surface area contributed by atoms with Crippen LogP contribution in [0.5, 0.6) is 0 Å². The molecule has 16 heavy (non-hydrogen) atoms. The minimum absolute atomic E-state index is 0.0466. The molecule has 0 spiro atoms. The van der Waals surface area contributed by atoms with Crippen molar-refractivity contribution in [2.45, 2.75) is 59.4 Å². The van der Waals surface area contributed by atoms with Gasteiger partial charge in [0.1, 0.15) is 0 Å². The van der Waals surface area contributed by atoms with Gasteiger partial charge in [0.05, 0.1) is 6.04 Å². The first kappa shape index (κ1) is 13.2. The van der Waals surface area contributed by atoms with E-state index in [2.05, 4.69) is 44.8 Å². The molecular formula is C12H23N3O. The van der Waals surface area contributed by atoms with Gasteiger partial charge >= 0.3 is 0 Å². The quantitative estimate of drug-likeness (QED) is 0.855. The molecule has 92 valence electrons. The third kappa shape index (κ3) is 2.82. The van der Waals surface area contributed by atoms with Crippen molar-refractivity contribution in [3.8, 4) is 0 Å². The van der Waals surface area contributed by atoms with Crippen LogP contribution in [0.2, 0.25) is 0 Å². The fourth-order valence-corrected chi connectivity index (χ4v) is 1.56. The van der Waals surface area contributed by atoms with Crippen molar-refractivity contribution in [1.82, 2.24) is 10.1 Å². The number of nitrogens with two attached hydrogens (primary N) is 1. The summed E-state index contributed by atoms with van der Waals surface area (Å²) < 4.78 is 5.28. The molecule has 1 heterocycles. The van der Waals surface area contributed by atoms with Crippen molar-refractivity contribution in [1.29, 1.82) is 0 Å². The molecule has 0 aliphatic heterocycles. The van der Waals surface area contributed by atoms with E-state index in [9.17, 15) is 0 Å². The number of nitrogens with zero attached hydrogens (tertiary/aromatic N) is 2. The highest BCUT2D eigenvalue weighted by atomic mass is 16.5. The van der Waals surface area contributed by atoms with Gasteiger partial charge in [-0.15, -0.1) is 0 Å².